The van der Waals surface area contributed by atoms with E-state index < -0.39 is 5.97 Å². The van der Waals surface area contributed by atoms with Crippen molar-refractivity contribution in [3.63, 3.8) is 0 Å². The molecule has 1 amide bonds. The van der Waals surface area contributed by atoms with Crippen LogP contribution in [0.15, 0.2) is 0 Å². The first-order valence-electron chi connectivity index (χ1n) is 5.89. The molecule has 0 aromatic heterocycles. The van der Waals surface area contributed by atoms with Crippen molar-refractivity contribution in [1.82, 2.24) is 10.2 Å². The highest BCUT2D eigenvalue weighted by Gasteiger charge is 2.12. The maximum absolute atomic E-state index is 11.4. The van der Waals surface area contributed by atoms with E-state index in [4.69, 9.17) is 5.11 Å². The van der Waals surface area contributed by atoms with Crippen molar-refractivity contribution in [1.29, 1.82) is 0 Å². The van der Waals surface area contributed by atoms with Crippen molar-refractivity contribution in [3.8, 4) is 0 Å². The molecule has 2 N–H and O–H groups in total. The highest BCUT2D eigenvalue weighted by atomic mass is 16.4. The van der Waals surface area contributed by atoms with Gasteiger partial charge in [0.05, 0.1) is 0 Å². The van der Waals surface area contributed by atoms with Crippen molar-refractivity contribution in [2.24, 2.45) is 0 Å². The van der Waals surface area contributed by atoms with E-state index in [1.54, 1.807) is 0 Å². The lowest BCUT2D eigenvalue weighted by molar-refractivity contribution is -0.137. The van der Waals surface area contributed by atoms with E-state index in [1.807, 2.05) is 0 Å². The van der Waals surface area contributed by atoms with Crippen LogP contribution in [0.1, 0.15) is 32.1 Å². The van der Waals surface area contributed by atoms with Crippen LogP contribution in [0.4, 0.5) is 0 Å². The summed E-state index contributed by atoms with van der Waals surface area (Å²) >= 11 is 0. The van der Waals surface area contributed by atoms with Gasteiger partial charge in [-0.15, -0.1) is 0 Å². The number of hydrogen-bond acceptors (Lipinski definition) is 3. The summed E-state index contributed by atoms with van der Waals surface area (Å²) in [5.74, 6) is -0.788. The van der Waals surface area contributed by atoms with Crippen LogP contribution >= 0.6 is 0 Å². The molecule has 0 radical (unpaired) electrons. The van der Waals surface area contributed by atoms with Crippen molar-refractivity contribution in [2.45, 2.75) is 32.1 Å². The summed E-state index contributed by atoms with van der Waals surface area (Å²) in [6.45, 7) is 3.49. The van der Waals surface area contributed by atoms with E-state index in [1.165, 1.54) is 12.8 Å². The standard InChI is InChI=1S/C11H20N2O3/c14-10(12-6-3-4-11(15)16)5-9-13-7-1-2-8-13/h1-9H2,(H,12,14)(H,15,16). The maximum Gasteiger partial charge on any atom is 0.303 e. The van der Waals surface area contributed by atoms with Gasteiger partial charge in [0.2, 0.25) is 5.91 Å². The molecule has 1 aliphatic heterocycles. The van der Waals surface area contributed by atoms with Crippen LogP contribution in [0, 0.1) is 0 Å². The number of hydrogen-bond donors (Lipinski definition) is 2. The Labute approximate surface area is 95.8 Å². The Bertz CT molecular complexity index is 237. The van der Waals surface area contributed by atoms with Gasteiger partial charge in [-0.3, -0.25) is 9.59 Å². The Morgan fingerprint density at radius 3 is 2.50 bits per heavy atom. The first kappa shape index (κ1) is 13.0. The third-order valence-corrected chi connectivity index (χ3v) is 2.74. The summed E-state index contributed by atoms with van der Waals surface area (Å²) in [6, 6.07) is 0. The predicted octanol–water partition coefficient (Wildman–Crippen LogP) is 0.453. The topological polar surface area (TPSA) is 69.6 Å². The van der Waals surface area contributed by atoms with Gasteiger partial charge >= 0.3 is 5.97 Å². The molecule has 0 aliphatic carbocycles. The number of carbonyl (C=O) groups excluding carboxylic acids is 1. The predicted molar refractivity (Wildman–Crippen MR) is 60.2 cm³/mol. The first-order valence-corrected chi connectivity index (χ1v) is 5.89. The third kappa shape index (κ3) is 5.70. The summed E-state index contributed by atoms with van der Waals surface area (Å²) in [6.07, 6.45) is 3.62. The second-order valence-corrected chi connectivity index (χ2v) is 4.15. The third-order valence-electron chi connectivity index (χ3n) is 2.74. The number of likely N-dealkylation sites (tertiary alicyclic amines) is 1. The fraction of sp³-hybridized carbons (Fsp3) is 0.818. The molecule has 0 atom stereocenters. The Hall–Kier alpha value is -1.10. The zero-order chi connectivity index (χ0) is 11.8. The maximum atomic E-state index is 11.4. The molecule has 1 rings (SSSR count). The summed E-state index contributed by atoms with van der Waals surface area (Å²) in [5.41, 5.74) is 0. The molecule has 1 aliphatic rings. The molecule has 0 aromatic rings. The second kappa shape index (κ2) is 7.22. The van der Waals surface area contributed by atoms with E-state index in [9.17, 15) is 9.59 Å². The van der Waals surface area contributed by atoms with Gasteiger partial charge in [0.25, 0.3) is 0 Å². The average molecular weight is 228 g/mol. The number of rotatable bonds is 7. The smallest absolute Gasteiger partial charge is 0.303 e. The number of aliphatic carboxylic acids is 1. The van der Waals surface area contributed by atoms with Crippen molar-refractivity contribution < 1.29 is 14.7 Å². The highest BCUT2D eigenvalue weighted by Crippen LogP contribution is 2.07. The van der Waals surface area contributed by atoms with Gasteiger partial charge in [0.1, 0.15) is 0 Å². The number of nitrogens with one attached hydrogen (secondary N) is 1. The van der Waals surface area contributed by atoms with Gasteiger partial charge in [-0.2, -0.15) is 0 Å². The summed E-state index contributed by atoms with van der Waals surface area (Å²) in [7, 11) is 0. The normalized spacial score (nSPS) is 16.2. The lowest BCUT2D eigenvalue weighted by Gasteiger charge is -2.13. The van der Waals surface area contributed by atoms with Crippen LogP contribution in [-0.4, -0.2) is 48.1 Å². The van der Waals surface area contributed by atoms with Gasteiger partial charge in [-0.25, -0.2) is 0 Å². The molecular weight excluding hydrogens is 208 g/mol. The number of carboxylic acids is 1. The molecule has 0 unspecified atom stereocenters. The summed E-state index contributed by atoms with van der Waals surface area (Å²) < 4.78 is 0. The molecule has 92 valence electrons. The number of amides is 1. The number of carboxylic acid groups (broad SMARTS) is 1. The monoisotopic (exact) mass is 228 g/mol. The summed E-state index contributed by atoms with van der Waals surface area (Å²) in [4.78, 5) is 23.9. The van der Waals surface area contributed by atoms with Crippen LogP contribution in [-0.2, 0) is 9.59 Å². The average Bonchev–Trinajstić information content (AvgIpc) is 2.74. The Kier molecular flexibility index (Phi) is 5.85. The molecule has 0 spiro atoms. The molecule has 5 heteroatoms. The number of carbonyl (C=O) groups is 2. The van der Waals surface area contributed by atoms with Crippen LogP contribution < -0.4 is 5.32 Å². The van der Waals surface area contributed by atoms with Crippen molar-refractivity contribution in [2.75, 3.05) is 26.2 Å². The van der Waals surface area contributed by atoms with Gasteiger partial charge in [-0.05, 0) is 32.4 Å². The van der Waals surface area contributed by atoms with E-state index in [0.29, 0.717) is 19.4 Å². The second-order valence-electron chi connectivity index (χ2n) is 4.15. The minimum absolute atomic E-state index is 0.0253. The largest absolute Gasteiger partial charge is 0.481 e. The first-order chi connectivity index (χ1) is 7.68. The Morgan fingerprint density at radius 1 is 1.19 bits per heavy atom. The van der Waals surface area contributed by atoms with Crippen LogP contribution in [0.2, 0.25) is 0 Å². The zero-order valence-electron chi connectivity index (χ0n) is 9.57. The van der Waals surface area contributed by atoms with Gasteiger partial charge < -0.3 is 15.3 Å². The molecule has 0 saturated carbocycles. The molecule has 0 bridgehead atoms. The lowest BCUT2D eigenvalue weighted by atomic mass is 10.3. The van der Waals surface area contributed by atoms with Crippen molar-refractivity contribution >= 4 is 11.9 Å². The Balaban J connectivity index is 1.95. The van der Waals surface area contributed by atoms with Crippen molar-refractivity contribution in [3.05, 3.63) is 0 Å². The van der Waals surface area contributed by atoms with Crippen LogP contribution in [0.5, 0.6) is 0 Å². The fourth-order valence-electron chi connectivity index (χ4n) is 1.82. The van der Waals surface area contributed by atoms with E-state index in [0.717, 1.165) is 19.6 Å². The SMILES string of the molecule is O=C(O)CCCNC(=O)CCN1CCCC1. The number of nitrogens with zero attached hydrogens (tertiary/aromatic N) is 1. The molecule has 0 aromatic carbocycles. The quantitative estimate of drug-likeness (QED) is 0.621. The van der Waals surface area contributed by atoms with Gasteiger partial charge in [0, 0.05) is 25.9 Å². The zero-order valence-corrected chi connectivity index (χ0v) is 9.57. The summed E-state index contributed by atoms with van der Waals surface area (Å²) in [5, 5.41) is 11.1. The van der Waals surface area contributed by atoms with E-state index >= 15 is 0 Å². The van der Waals surface area contributed by atoms with Crippen LogP contribution in [0.3, 0.4) is 0 Å². The molecule has 1 fully saturated rings. The lowest BCUT2D eigenvalue weighted by Crippen LogP contribution is -2.30. The van der Waals surface area contributed by atoms with Gasteiger partial charge in [0.15, 0.2) is 0 Å². The van der Waals surface area contributed by atoms with Crippen LogP contribution in [0.25, 0.3) is 0 Å². The van der Waals surface area contributed by atoms with E-state index in [2.05, 4.69) is 10.2 Å². The molecule has 1 heterocycles. The molecule has 1 saturated heterocycles. The minimum atomic E-state index is -0.814. The minimum Gasteiger partial charge on any atom is -0.481 e. The Morgan fingerprint density at radius 2 is 1.88 bits per heavy atom. The van der Waals surface area contributed by atoms with E-state index in [-0.39, 0.29) is 12.3 Å². The molecule has 16 heavy (non-hydrogen) atoms. The van der Waals surface area contributed by atoms with Gasteiger partial charge in [-0.1, -0.05) is 0 Å². The molecular formula is C11H20N2O3. The highest BCUT2D eigenvalue weighted by molar-refractivity contribution is 5.76. The molecule has 5 nitrogen and oxygen atoms in total. The fourth-order valence-corrected chi connectivity index (χ4v) is 1.82.